The third-order valence-corrected chi connectivity index (χ3v) is 6.84. The molecule has 8 heteroatoms. The van der Waals surface area contributed by atoms with Gasteiger partial charge in [-0.3, -0.25) is 4.79 Å². The number of nitrogens with zero attached hydrogens (tertiary/aromatic N) is 4. The smallest absolute Gasteiger partial charge is 0.274 e. The largest absolute Gasteiger partial charge is 0.352 e. The molecular formula is C17H26N4O3S. The van der Waals surface area contributed by atoms with Gasteiger partial charge in [-0.05, 0) is 32.1 Å². The molecule has 2 atom stereocenters. The molecule has 2 unspecified atom stereocenters. The van der Waals surface area contributed by atoms with Crippen LogP contribution in [0.3, 0.4) is 0 Å². The molecule has 0 N–H and O–H groups in total. The van der Waals surface area contributed by atoms with E-state index >= 15 is 0 Å². The molecule has 2 fully saturated rings. The number of likely N-dealkylation sites (tertiary alicyclic amines) is 1. The number of sulfone groups is 1. The molecule has 0 spiro atoms. The Kier molecular flexibility index (Phi) is 5.27. The Hall–Kier alpha value is -1.70. The molecule has 1 amide bonds. The average Bonchev–Trinajstić information content (AvgIpc) is 2.95. The van der Waals surface area contributed by atoms with Gasteiger partial charge in [0, 0.05) is 25.7 Å². The van der Waals surface area contributed by atoms with Crippen molar-refractivity contribution in [3.05, 3.63) is 18.1 Å². The van der Waals surface area contributed by atoms with E-state index in [0.29, 0.717) is 30.4 Å². The van der Waals surface area contributed by atoms with Crippen LogP contribution in [-0.2, 0) is 9.84 Å². The minimum atomic E-state index is -2.95. The molecule has 0 bridgehead atoms. The summed E-state index contributed by atoms with van der Waals surface area (Å²) in [5.74, 6) is 1.47. The van der Waals surface area contributed by atoms with Gasteiger partial charge in [0.2, 0.25) is 0 Å². The second-order valence-electron chi connectivity index (χ2n) is 7.10. The van der Waals surface area contributed by atoms with Crippen LogP contribution in [0, 0.1) is 5.92 Å². The molecule has 7 nitrogen and oxygen atoms in total. The molecule has 25 heavy (non-hydrogen) atoms. The van der Waals surface area contributed by atoms with Crippen molar-refractivity contribution >= 4 is 21.6 Å². The van der Waals surface area contributed by atoms with E-state index in [0.717, 1.165) is 25.9 Å². The van der Waals surface area contributed by atoms with Crippen LogP contribution in [0.5, 0.6) is 0 Å². The van der Waals surface area contributed by atoms with Crippen LogP contribution in [-0.4, -0.2) is 66.4 Å². The molecular weight excluding hydrogens is 340 g/mol. The zero-order chi connectivity index (χ0) is 18.0. The van der Waals surface area contributed by atoms with Gasteiger partial charge in [-0.15, -0.1) is 0 Å². The van der Waals surface area contributed by atoms with Crippen molar-refractivity contribution in [2.45, 2.75) is 39.2 Å². The zero-order valence-corrected chi connectivity index (χ0v) is 15.7. The van der Waals surface area contributed by atoms with E-state index in [-0.39, 0.29) is 23.5 Å². The van der Waals surface area contributed by atoms with Crippen molar-refractivity contribution in [1.82, 2.24) is 14.9 Å². The van der Waals surface area contributed by atoms with Gasteiger partial charge in [-0.25, -0.2) is 18.4 Å². The molecule has 2 aliphatic rings. The lowest BCUT2D eigenvalue weighted by Crippen LogP contribution is -2.40. The van der Waals surface area contributed by atoms with Gasteiger partial charge in [-0.1, -0.05) is 6.92 Å². The Balaban J connectivity index is 1.71. The van der Waals surface area contributed by atoms with Crippen molar-refractivity contribution < 1.29 is 13.2 Å². The summed E-state index contributed by atoms with van der Waals surface area (Å²) >= 11 is 0. The fraction of sp³-hybridized carbons (Fsp3) is 0.706. The van der Waals surface area contributed by atoms with E-state index in [1.165, 1.54) is 6.20 Å². The molecule has 3 heterocycles. The number of amides is 1. The van der Waals surface area contributed by atoms with E-state index in [1.807, 2.05) is 16.7 Å². The van der Waals surface area contributed by atoms with Crippen LogP contribution >= 0.6 is 0 Å². The summed E-state index contributed by atoms with van der Waals surface area (Å²) in [6.45, 7) is 6.33. The molecule has 0 radical (unpaired) electrons. The van der Waals surface area contributed by atoms with E-state index in [2.05, 4.69) is 16.9 Å². The highest BCUT2D eigenvalue weighted by atomic mass is 32.2. The van der Waals surface area contributed by atoms with Crippen LogP contribution in [0.2, 0.25) is 0 Å². The van der Waals surface area contributed by atoms with Crippen molar-refractivity contribution in [3.8, 4) is 0 Å². The first-order chi connectivity index (χ1) is 11.9. The fourth-order valence-corrected chi connectivity index (χ4v) is 5.48. The maximum absolute atomic E-state index is 12.6. The molecule has 3 rings (SSSR count). The van der Waals surface area contributed by atoms with Crippen molar-refractivity contribution in [2.24, 2.45) is 5.92 Å². The molecule has 0 saturated carbocycles. The van der Waals surface area contributed by atoms with Crippen LogP contribution in [0.4, 0.5) is 5.82 Å². The topological polar surface area (TPSA) is 83.5 Å². The second-order valence-corrected chi connectivity index (χ2v) is 9.33. The van der Waals surface area contributed by atoms with Gasteiger partial charge in [0.25, 0.3) is 5.91 Å². The summed E-state index contributed by atoms with van der Waals surface area (Å²) in [4.78, 5) is 25.1. The normalized spacial score (nSPS) is 25.8. The Morgan fingerprint density at radius 2 is 2.12 bits per heavy atom. The van der Waals surface area contributed by atoms with Crippen molar-refractivity contribution in [2.75, 3.05) is 36.0 Å². The lowest BCUT2D eigenvalue weighted by Gasteiger charge is -2.31. The maximum atomic E-state index is 12.6. The van der Waals surface area contributed by atoms with E-state index < -0.39 is 9.84 Å². The molecule has 2 aliphatic heterocycles. The summed E-state index contributed by atoms with van der Waals surface area (Å²) in [6, 6.07) is -0.0613. The van der Waals surface area contributed by atoms with Crippen molar-refractivity contribution in [1.29, 1.82) is 0 Å². The third-order valence-electron chi connectivity index (χ3n) is 5.09. The Morgan fingerprint density at radius 3 is 2.68 bits per heavy atom. The Bertz CT molecular complexity index is 720. The highest BCUT2D eigenvalue weighted by Crippen LogP contribution is 2.23. The third kappa shape index (κ3) is 4.11. The van der Waals surface area contributed by atoms with Crippen LogP contribution < -0.4 is 4.90 Å². The molecule has 0 aromatic carbocycles. The number of anilines is 1. The predicted molar refractivity (Wildman–Crippen MR) is 96.4 cm³/mol. The van der Waals surface area contributed by atoms with Gasteiger partial charge < -0.3 is 9.80 Å². The van der Waals surface area contributed by atoms with Gasteiger partial charge in [0.05, 0.1) is 23.9 Å². The van der Waals surface area contributed by atoms with Gasteiger partial charge in [0.1, 0.15) is 11.5 Å². The quantitative estimate of drug-likeness (QED) is 0.800. The number of hydrogen-bond acceptors (Lipinski definition) is 6. The summed E-state index contributed by atoms with van der Waals surface area (Å²) in [5.41, 5.74) is 0.355. The molecule has 138 valence electrons. The second kappa shape index (κ2) is 7.27. The van der Waals surface area contributed by atoms with Crippen molar-refractivity contribution in [3.63, 3.8) is 0 Å². The number of aromatic nitrogens is 2. The summed E-state index contributed by atoms with van der Waals surface area (Å²) < 4.78 is 23.4. The minimum absolute atomic E-state index is 0.0613. The first-order valence-electron chi connectivity index (χ1n) is 8.98. The number of hydrogen-bond donors (Lipinski definition) is 0. The van der Waals surface area contributed by atoms with E-state index in [1.54, 1.807) is 6.20 Å². The fourth-order valence-electron chi connectivity index (χ4n) is 3.74. The van der Waals surface area contributed by atoms with Gasteiger partial charge in [0.15, 0.2) is 9.84 Å². The first kappa shape index (κ1) is 18.1. The first-order valence-corrected chi connectivity index (χ1v) is 10.8. The Morgan fingerprint density at radius 1 is 1.32 bits per heavy atom. The number of carbonyl (C=O) groups excluding carboxylic acids is 1. The standard InChI is InChI=1S/C17H26N4O3S/c1-3-21(14-6-8-25(23,24)12-14)16-10-18-15(9-19-16)17(22)20-7-4-5-13(2)11-20/h9-10,13-14H,3-8,11-12H2,1-2H3. The van der Waals surface area contributed by atoms with E-state index in [4.69, 9.17) is 0 Å². The monoisotopic (exact) mass is 366 g/mol. The lowest BCUT2D eigenvalue weighted by atomic mass is 10.0. The maximum Gasteiger partial charge on any atom is 0.274 e. The highest BCUT2D eigenvalue weighted by molar-refractivity contribution is 7.91. The number of piperidine rings is 1. The average molecular weight is 366 g/mol. The predicted octanol–water partition coefficient (Wildman–Crippen LogP) is 1.36. The summed E-state index contributed by atoms with van der Waals surface area (Å²) in [7, 11) is -2.95. The highest BCUT2D eigenvalue weighted by Gasteiger charge is 2.32. The summed E-state index contributed by atoms with van der Waals surface area (Å²) in [5, 5.41) is 0. The SMILES string of the molecule is CCN(c1cnc(C(=O)N2CCCC(C)C2)cn1)C1CCS(=O)(=O)C1. The molecule has 0 aliphatic carbocycles. The summed E-state index contributed by atoms with van der Waals surface area (Å²) in [6.07, 6.45) is 5.91. The van der Waals surface area contributed by atoms with Gasteiger partial charge >= 0.3 is 0 Å². The van der Waals surface area contributed by atoms with E-state index in [9.17, 15) is 13.2 Å². The number of carbonyl (C=O) groups is 1. The Labute approximate surface area is 149 Å². The lowest BCUT2D eigenvalue weighted by molar-refractivity contribution is 0.0676. The zero-order valence-electron chi connectivity index (χ0n) is 14.9. The molecule has 2 saturated heterocycles. The molecule has 1 aromatic heterocycles. The van der Waals surface area contributed by atoms with Crippen LogP contribution in [0.15, 0.2) is 12.4 Å². The number of rotatable bonds is 4. The van der Waals surface area contributed by atoms with Crippen LogP contribution in [0.1, 0.15) is 43.6 Å². The van der Waals surface area contributed by atoms with Gasteiger partial charge in [-0.2, -0.15) is 0 Å². The van der Waals surface area contributed by atoms with Crippen LogP contribution in [0.25, 0.3) is 0 Å². The molecule has 1 aromatic rings. The minimum Gasteiger partial charge on any atom is -0.352 e.